The minimum Gasteiger partial charge on any atom is -0.508 e. The molecule has 4 unspecified atom stereocenters. The number of Topliss-reactive ketones (excluding diaryl/α,β-unsaturated/α-hetero) is 2. The van der Waals surface area contributed by atoms with E-state index in [1.165, 1.54) is 4.90 Å². The lowest BCUT2D eigenvalue weighted by Gasteiger charge is -2.50. The van der Waals surface area contributed by atoms with Gasteiger partial charge in [-0.3, -0.25) is 19.3 Å². The second kappa shape index (κ2) is 9.18. The Morgan fingerprint density at radius 2 is 1.89 bits per heavy atom. The summed E-state index contributed by atoms with van der Waals surface area (Å²) in [4.78, 5) is 40.6. The number of phenols is 1. The van der Waals surface area contributed by atoms with E-state index in [-0.39, 0.29) is 35.6 Å². The van der Waals surface area contributed by atoms with Gasteiger partial charge in [-0.05, 0) is 62.4 Å². The minimum absolute atomic E-state index is 0.0724. The number of aliphatic hydroxyl groups is 3. The number of nitrogens with one attached hydrogen (secondary N) is 1. The number of carbonyl (C=O) groups is 3. The molecular formula is C27H35N3O7. The Labute approximate surface area is 215 Å². The molecule has 37 heavy (non-hydrogen) atoms. The van der Waals surface area contributed by atoms with E-state index in [0.717, 1.165) is 5.56 Å². The van der Waals surface area contributed by atoms with Crippen LogP contribution in [0.5, 0.6) is 5.75 Å². The summed E-state index contributed by atoms with van der Waals surface area (Å²) in [6.07, 6.45) is 0.971. The number of anilines is 1. The van der Waals surface area contributed by atoms with Crippen molar-refractivity contribution in [1.82, 2.24) is 4.90 Å². The van der Waals surface area contributed by atoms with Gasteiger partial charge >= 0.3 is 0 Å². The Morgan fingerprint density at radius 3 is 2.43 bits per heavy atom. The van der Waals surface area contributed by atoms with Crippen molar-refractivity contribution < 1.29 is 34.8 Å². The van der Waals surface area contributed by atoms with E-state index in [1.807, 2.05) is 26.8 Å². The van der Waals surface area contributed by atoms with E-state index in [0.29, 0.717) is 24.2 Å². The number of nitrogens with two attached hydrogens (primary N) is 1. The van der Waals surface area contributed by atoms with Gasteiger partial charge in [0.25, 0.3) is 5.91 Å². The average Bonchev–Trinajstić information content (AvgIpc) is 2.80. The molecule has 10 heteroatoms. The second-order valence-corrected chi connectivity index (χ2v) is 10.9. The topological polar surface area (TPSA) is 173 Å². The lowest BCUT2D eigenvalue weighted by molar-refractivity contribution is -0.153. The maximum absolute atomic E-state index is 13.9. The molecule has 1 aromatic rings. The third kappa shape index (κ3) is 3.81. The van der Waals surface area contributed by atoms with Gasteiger partial charge in [0.1, 0.15) is 22.8 Å². The number of hydrogen-bond acceptors (Lipinski definition) is 9. The van der Waals surface area contributed by atoms with Gasteiger partial charge in [-0.1, -0.05) is 20.8 Å². The first-order chi connectivity index (χ1) is 17.3. The Balaban J connectivity index is 1.95. The number of aryl methyl sites for hydroxylation is 1. The monoisotopic (exact) mass is 513 g/mol. The summed E-state index contributed by atoms with van der Waals surface area (Å²) in [7, 11) is 3.15. The molecule has 0 saturated heterocycles. The van der Waals surface area contributed by atoms with E-state index in [4.69, 9.17) is 5.73 Å². The van der Waals surface area contributed by atoms with Crippen molar-refractivity contribution in [2.45, 2.75) is 51.7 Å². The van der Waals surface area contributed by atoms with Crippen LogP contribution in [-0.4, -0.2) is 75.1 Å². The van der Waals surface area contributed by atoms with Crippen molar-refractivity contribution in [3.63, 3.8) is 0 Å². The summed E-state index contributed by atoms with van der Waals surface area (Å²) >= 11 is 0. The number of nitrogens with zero attached hydrogens (tertiary/aromatic N) is 1. The molecular weight excluding hydrogens is 478 g/mol. The van der Waals surface area contributed by atoms with Crippen LogP contribution in [0.1, 0.15) is 43.9 Å². The summed E-state index contributed by atoms with van der Waals surface area (Å²) in [6.45, 7) is 6.56. The highest BCUT2D eigenvalue weighted by molar-refractivity contribution is 6.24. The Bertz CT molecular complexity index is 1260. The third-order valence-corrected chi connectivity index (χ3v) is 7.89. The average molecular weight is 514 g/mol. The number of fused-ring (bicyclic) bond motifs is 3. The number of ketones is 2. The molecule has 0 heterocycles. The predicted octanol–water partition coefficient (Wildman–Crippen LogP) is 1.59. The molecule has 0 aliphatic heterocycles. The largest absolute Gasteiger partial charge is 0.508 e. The maximum atomic E-state index is 13.9. The zero-order valence-corrected chi connectivity index (χ0v) is 21.8. The van der Waals surface area contributed by atoms with E-state index >= 15 is 0 Å². The number of amides is 1. The Hall–Kier alpha value is -3.37. The van der Waals surface area contributed by atoms with Gasteiger partial charge in [0.15, 0.2) is 11.4 Å². The van der Waals surface area contributed by atoms with Crippen LogP contribution >= 0.6 is 0 Å². The number of phenolic OH excluding ortho intramolecular Hbond substituents is 1. The molecule has 1 fully saturated rings. The molecule has 0 radical (unpaired) electrons. The molecule has 10 nitrogen and oxygen atoms in total. The van der Waals surface area contributed by atoms with Crippen LogP contribution < -0.4 is 11.1 Å². The molecule has 4 rings (SSSR count). The van der Waals surface area contributed by atoms with Crippen LogP contribution in [0, 0.1) is 17.8 Å². The van der Waals surface area contributed by atoms with Gasteiger partial charge in [-0.25, -0.2) is 0 Å². The fourth-order valence-electron chi connectivity index (χ4n) is 6.15. The summed E-state index contributed by atoms with van der Waals surface area (Å²) in [5.41, 5.74) is 3.87. The number of benzene rings is 1. The molecule has 0 bridgehead atoms. The first-order valence-electron chi connectivity index (χ1n) is 12.5. The molecule has 0 aromatic heterocycles. The Morgan fingerprint density at radius 1 is 1.24 bits per heavy atom. The van der Waals surface area contributed by atoms with Crippen LogP contribution in [0.15, 0.2) is 23.0 Å². The highest BCUT2D eigenvalue weighted by Crippen LogP contribution is 2.53. The Kier molecular flexibility index (Phi) is 6.62. The van der Waals surface area contributed by atoms with Gasteiger partial charge in [-0.2, -0.15) is 0 Å². The lowest BCUT2D eigenvalue weighted by Crippen LogP contribution is -2.65. The fraction of sp³-hybridized carbons (Fsp3) is 0.519. The predicted molar refractivity (Wildman–Crippen MR) is 137 cm³/mol. The molecule has 3 aliphatic rings. The number of primary amides is 1. The number of rotatable bonds is 6. The van der Waals surface area contributed by atoms with Crippen LogP contribution in [0.3, 0.4) is 0 Å². The number of hydrogen-bond donors (Lipinski definition) is 6. The summed E-state index contributed by atoms with van der Waals surface area (Å²) in [5.74, 6) is -6.18. The van der Waals surface area contributed by atoms with Crippen molar-refractivity contribution >= 4 is 28.9 Å². The van der Waals surface area contributed by atoms with Gasteiger partial charge in [0.05, 0.1) is 17.3 Å². The zero-order valence-electron chi connectivity index (χ0n) is 21.8. The summed E-state index contributed by atoms with van der Waals surface area (Å²) < 4.78 is 0. The van der Waals surface area contributed by atoms with E-state index in [9.17, 15) is 34.8 Å². The van der Waals surface area contributed by atoms with E-state index in [1.54, 1.807) is 14.1 Å². The van der Waals surface area contributed by atoms with Gasteiger partial charge in [0.2, 0.25) is 5.78 Å². The molecule has 1 aromatic carbocycles. The number of aromatic hydroxyl groups is 1. The molecule has 3 aliphatic carbocycles. The van der Waals surface area contributed by atoms with Crippen LogP contribution in [0.25, 0.3) is 5.76 Å². The van der Waals surface area contributed by atoms with Gasteiger partial charge in [0, 0.05) is 18.0 Å². The van der Waals surface area contributed by atoms with E-state index in [2.05, 4.69) is 5.32 Å². The highest BCUT2D eigenvalue weighted by atomic mass is 16.3. The SMILES string of the molecule is CCc1cc(NCC(C)C)c(O)c2c1CC1CC3C(N(C)C)C(=O)C(C(N)=O)=C(O)C3(O)C(=O)C1=C2O. The first-order valence-corrected chi connectivity index (χ1v) is 12.5. The van der Waals surface area contributed by atoms with Crippen molar-refractivity contribution in [3.05, 3.63) is 39.7 Å². The van der Waals surface area contributed by atoms with Crippen LogP contribution in [0.4, 0.5) is 5.69 Å². The normalized spacial score (nSPS) is 27.4. The van der Waals surface area contributed by atoms with Gasteiger partial charge in [-0.15, -0.1) is 0 Å². The minimum atomic E-state index is -2.64. The highest BCUT2D eigenvalue weighted by Gasteiger charge is 2.64. The number of carbonyl (C=O) groups excluding carboxylic acids is 3. The zero-order chi connectivity index (χ0) is 27.6. The molecule has 1 amide bonds. The van der Waals surface area contributed by atoms with Crippen LogP contribution in [-0.2, 0) is 27.2 Å². The second-order valence-electron chi connectivity index (χ2n) is 10.9. The molecule has 1 saturated carbocycles. The van der Waals surface area contributed by atoms with Crippen molar-refractivity contribution in [1.29, 1.82) is 0 Å². The van der Waals surface area contributed by atoms with Gasteiger partial charge < -0.3 is 31.5 Å². The molecule has 0 spiro atoms. The van der Waals surface area contributed by atoms with Crippen molar-refractivity contribution in [2.24, 2.45) is 23.5 Å². The number of likely N-dealkylation sites (N-methyl/N-ethyl adjacent to an activating group) is 1. The summed E-state index contributed by atoms with van der Waals surface area (Å²) in [6, 6.07) is 0.745. The molecule has 4 atom stereocenters. The van der Waals surface area contributed by atoms with E-state index < -0.39 is 58.0 Å². The first kappa shape index (κ1) is 26.7. The molecule has 7 N–H and O–H groups in total. The smallest absolute Gasteiger partial charge is 0.255 e. The number of aliphatic hydroxyl groups excluding tert-OH is 2. The quantitative estimate of drug-likeness (QED) is 0.244. The van der Waals surface area contributed by atoms with Crippen molar-refractivity contribution in [2.75, 3.05) is 26.0 Å². The van der Waals surface area contributed by atoms with Crippen LogP contribution in [0.2, 0.25) is 0 Å². The molecule has 200 valence electrons. The third-order valence-electron chi connectivity index (χ3n) is 7.89. The van der Waals surface area contributed by atoms with Crippen molar-refractivity contribution in [3.8, 4) is 5.75 Å². The standard InChI is InChI=1S/C27H35N3O7/c1-6-12-9-16(29-10-11(2)3)21(31)18-14(12)7-13-8-15-20(30(4)5)23(33)19(26(28)36)25(35)27(15,37)24(34)17(13)22(18)32/h9,11,13,15,20,29,31-32,35,37H,6-8,10H2,1-5H3,(H2,28,36). The summed E-state index contributed by atoms with van der Waals surface area (Å²) in [5, 5.41) is 48.3. The fourth-order valence-corrected chi connectivity index (χ4v) is 6.15. The lowest BCUT2D eigenvalue weighted by atomic mass is 9.57. The maximum Gasteiger partial charge on any atom is 0.255 e.